The largest absolute Gasteiger partial charge is 0.424 e. The average Bonchev–Trinajstić information content (AvgIpc) is 3.05. The molecule has 2 saturated heterocycles. The molecule has 180 valence electrons. The van der Waals surface area contributed by atoms with Gasteiger partial charge in [-0.3, -0.25) is 0 Å². The van der Waals surface area contributed by atoms with Gasteiger partial charge in [0.25, 0.3) is 5.79 Å². The second-order valence-corrected chi connectivity index (χ2v) is 7.48. The normalized spacial score (nSPS) is 42.1. The molecule has 3 rings (SSSR count). The van der Waals surface area contributed by atoms with Gasteiger partial charge in [0.05, 0.1) is 18.8 Å². The lowest BCUT2D eigenvalue weighted by Gasteiger charge is -2.48. The van der Waals surface area contributed by atoms with E-state index in [1.54, 1.807) is 6.07 Å². The summed E-state index contributed by atoms with van der Waals surface area (Å²) >= 11 is 0. The highest BCUT2D eigenvalue weighted by Crippen LogP contribution is 2.38. The van der Waals surface area contributed by atoms with Crippen molar-refractivity contribution in [3.8, 4) is 0 Å². The molecule has 0 radical (unpaired) electrons. The van der Waals surface area contributed by atoms with Crippen LogP contribution in [0.25, 0.3) is 0 Å². The fraction of sp³-hybridized carbons (Fsp3) is 0.632. The third-order valence-corrected chi connectivity index (χ3v) is 5.44. The summed E-state index contributed by atoms with van der Waals surface area (Å²) in [5, 5.41) is 80.5. The number of aliphatic hydroxyl groups excluding tert-OH is 7. The molecule has 32 heavy (non-hydrogen) atoms. The first-order valence-corrected chi connectivity index (χ1v) is 9.70. The van der Waals surface area contributed by atoms with E-state index in [1.165, 1.54) is 24.3 Å². The van der Waals surface area contributed by atoms with Gasteiger partial charge in [-0.2, -0.15) is 0 Å². The SMILES string of the molecule is O=C(O[C@]1(O)[C@H](O)[C@@H](O)[C@@H](OC2(CO)O[C@H](CO)[C@@H](O)[C@@H]2O)O[C@@H]1CO)c1ccccc1. The predicted octanol–water partition coefficient (Wildman–Crippen LogP) is -4.21. The van der Waals surface area contributed by atoms with Crippen LogP contribution < -0.4 is 0 Å². The lowest BCUT2D eigenvalue weighted by Crippen LogP contribution is -2.70. The zero-order valence-corrected chi connectivity index (χ0v) is 16.7. The standard InChI is InChI=1S/C19H26O13/c20-6-10-12(23)14(25)18(8-22,30-10)32-17-13(24)15(26)19(28,11(7-21)29-17)31-16(27)9-4-2-1-3-5-9/h1-5,10-15,17,20-26,28H,6-8H2/t10-,11-,12-,13-,14+,15-,17-,18?,19+/m1/s1. The Morgan fingerprint density at radius 1 is 0.969 bits per heavy atom. The van der Waals surface area contributed by atoms with Crippen LogP contribution in [0.4, 0.5) is 0 Å². The van der Waals surface area contributed by atoms with Gasteiger partial charge in [-0.15, -0.1) is 0 Å². The average molecular weight is 462 g/mol. The molecule has 9 atom stereocenters. The molecule has 0 spiro atoms. The highest BCUT2D eigenvalue weighted by molar-refractivity contribution is 5.89. The summed E-state index contributed by atoms with van der Waals surface area (Å²) in [6.45, 7) is -2.82. The van der Waals surface area contributed by atoms with Gasteiger partial charge in [0, 0.05) is 0 Å². The van der Waals surface area contributed by atoms with E-state index in [4.69, 9.17) is 18.9 Å². The Morgan fingerprint density at radius 3 is 2.16 bits per heavy atom. The van der Waals surface area contributed by atoms with E-state index < -0.39 is 80.3 Å². The summed E-state index contributed by atoms with van der Waals surface area (Å²) < 4.78 is 20.7. The van der Waals surface area contributed by atoms with Crippen molar-refractivity contribution in [2.24, 2.45) is 0 Å². The number of benzene rings is 1. The Kier molecular flexibility index (Phi) is 7.48. The maximum atomic E-state index is 12.4. The molecule has 1 aromatic rings. The smallest absolute Gasteiger partial charge is 0.340 e. The lowest BCUT2D eigenvalue weighted by molar-refractivity contribution is -0.421. The fourth-order valence-electron chi connectivity index (χ4n) is 3.57. The van der Waals surface area contributed by atoms with Crippen molar-refractivity contribution in [2.45, 2.75) is 54.5 Å². The minimum absolute atomic E-state index is 0.00317. The fourth-order valence-corrected chi connectivity index (χ4v) is 3.57. The number of ether oxygens (including phenoxy) is 4. The Morgan fingerprint density at radius 2 is 1.62 bits per heavy atom. The van der Waals surface area contributed by atoms with Crippen molar-refractivity contribution in [3.05, 3.63) is 35.9 Å². The predicted molar refractivity (Wildman–Crippen MR) is 99.4 cm³/mol. The quantitative estimate of drug-likeness (QED) is 0.143. The molecule has 0 amide bonds. The molecule has 2 aliphatic rings. The van der Waals surface area contributed by atoms with Gasteiger partial charge in [-0.1, -0.05) is 18.2 Å². The van der Waals surface area contributed by atoms with Crippen molar-refractivity contribution in [1.29, 1.82) is 0 Å². The summed E-state index contributed by atoms with van der Waals surface area (Å²) in [5.41, 5.74) is 0.00317. The van der Waals surface area contributed by atoms with Crippen LogP contribution in [-0.4, -0.2) is 121 Å². The van der Waals surface area contributed by atoms with Gasteiger partial charge >= 0.3 is 5.97 Å². The van der Waals surface area contributed by atoms with Crippen LogP contribution in [0, 0.1) is 0 Å². The molecule has 2 heterocycles. The number of carbonyl (C=O) groups is 1. The minimum Gasteiger partial charge on any atom is -0.424 e. The van der Waals surface area contributed by atoms with Crippen LogP contribution in [0.1, 0.15) is 10.4 Å². The monoisotopic (exact) mass is 462 g/mol. The molecule has 0 aromatic heterocycles. The molecule has 0 aliphatic carbocycles. The molecule has 1 unspecified atom stereocenters. The van der Waals surface area contributed by atoms with Crippen molar-refractivity contribution in [2.75, 3.05) is 19.8 Å². The summed E-state index contributed by atoms with van der Waals surface area (Å²) in [4.78, 5) is 12.4. The Labute approximate surface area is 181 Å². The number of aliphatic hydroxyl groups is 8. The first-order valence-electron chi connectivity index (χ1n) is 9.70. The Hall–Kier alpha value is -1.75. The highest BCUT2D eigenvalue weighted by atomic mass is 16.8. The number of hydrogen-bond acceptors (Lipinski definition) is 13. The maximum Gasteiger partial charge on any atom is 0.340 e. The second kappa shape index (κ2) is 9.62. The Bertz CT molecular complexity index is 774. The van der Waals surface area contributed by atoms with E-state index in [2.05, 4.69) is 0 Å². The number of hydrogen-bond donors (Lipinski definition) is 8. The van der Waals surface area contributed by atoms with Gasteiger partial charge in [-0.25, -0.2) is 4.79 Å². The topological polar surface area (TPSA) is 216 Å². The van der Waals surface area contributed by atoms with E-state index in [0.29, 0.717) is 0 Å². The van der Waals surface area contributed by atoms with Gasteiger partial charge in [-0.05, 0) is 12.1 Å². The van der Waals surface area contributed by atoms with Crippen LogP contribution in [-0.2, 0) is 18.9 Å². The van der Waals surface area contributed by atoms with Crippen molar-refractivity contribution >= 4 is 5.97 Å². The summed E-state index contributed by atoms with van der Waals surface area (Å²) in [7, 11) is 0. The van der Waals surface area contributed by atoms with Crippen LogP contribution >= 0.6 is 0 Å². The molecular formula is C19H26O13. The maximum absolute atomic E-state index is 12.4. The van der Waals surface area contributed by atoms with E-state index in [1.807, 2.05) is 0 Å². The summed E-state index contributed by atoms with van der Waals surface area (Å²) in [6, 6.07) is 7.40. The van der Waals surface area contributed by atoms with E-state index >= 15 is 0 Å². The van der Waals surface area contributed by atoms with E-state index in [-0.39, 0.29) is 5.56 Å². The zero-order valence-electron chi connectivity index (χ0n) is 16.7. The lowest BCUT2D eigenvalue weighted by atomic mass is 9.94. The zero-order chi connectivity index (χ0) is 23.7. The summed E-state index contributed by atoms with van der Waals surface area (Å²) in [5.74, 6) is -6.37. The first-order chi connectivity index (χ1) is 15.1. The molecule has 0 saturated carbocycles. The first kappa shape index (κ1) is 24.9. The van der Waals surface area contributed by atoms with Crippen LogP contribution in [0.5, 0.6) is 0 Å². The van der Waals surface area contributed by atoms with Crippen LogP contribution in [0.15, 0.2) is 30.3 Å². The third-order valence-electron chi connectivity index (χ3n) is 5.44. The van der Waals surface area contributed by atoms with Gasteiger partial charge in [0.15, 0.2) is 18.5 Å². The van der Waals surface area contributed by atoms with Crippen molar-refractivity contribution < 1.29 is 64.6 Å². The Balaban J connectivity index is 1.81. The second-order valence-electron chi connectivity index (χ2n) is 7.48. The molecule has 0 bridgehead atoms. The van der Waals surface area contributed by atoms with Crippen LogP contribution in [0.3, 0.4) is 0 Å². The molecular weight excluding hydrogens is 436 g/mol. The van der Waals surface area contributed by atoms with Gasteiger partial charge in [0.2, 0.25) is 5.79 Å². The van der Waals surface area contributed by atoms with E-state index in [9.17, 15) is 45.6 Å². The third kappa shape index (κ3) is 4.25. The molecule has 1 aromatic carbocycles. The summed E-state index contributed by atoms with van der Waals surface area (Å²) in [6.07, 6.45) is -13.1. The van der Waals surface area contributed by atoms with Gasteiger partial charge in [0.1, 0.15) is 31.0 Å². The van der Waals surface area contributed by atoms with Crippen molar-refractivity contribution in [1.82, 2.24) is 0 Å². The minimum atomic E-state index is -2.91. The van der Waals surface area contributed by atoms with E-state index in [0.717, 1.165) is 0 Å². The van der Waals surface area contributed by atoms with Gasteiger partial charge < -0.3 is 59.8 Å². The highest BCUT2D eigenvalue weighted by Gasteiger charge is 2.62. The number of esters is 1. The van der Waals surface area contributed by atoms with Crippen molar-refractivity contribution in [3.63, 3.8) is 0 Å². The van der Waals surface area contributed by atoms with Crippen LogP contribution in [0.2, 0.25) is 0 Å². The molecule has 13 heteroatoms. The molecule has 2 fully saturated rings. The molecule has 8 N–H and O–H groups in total. The number of rotatable bonds is 7. The molecule has 2 aliphatic heterocycles. The number of carbonyl (C=O) groups excluding carboxylic acids is 1. The molecule has 13 nitrogen and oxygen atoms in total.